The van der Waals surface area contributed by atoms with Gasteiger partial charge in [0.15, 0.2) is 0 Å². The van der Waals surface area contributed by atoms with E-state index in [0.29, 0.717) is 0 Å². The molecular formula is C22H18N4. The number of pyridine rings is 2. The Morgan fingerprint density at radius 1 is 0.654 bits per heavy atom. The van der Waals surface area contributed by atoms with Crippen molar-refractivity contribution in [2.75, 3.05) is 0 Å². The first-order valence-corrected chi connectivity index (χ1v) is 8.68. The summed E-state index contributed by atoms with van der Waals surface area (Å²) in [6, 6.07) is 18.9. The first-order valence-electron chi connectivity index (χ1n) is 8.68. The van der Waals surface area contributed by atoms with E-state index >= 15 is 0 Å². The summed E-state index contributed by atoms with van der Waals surface area (Å²) >= 11 is 0. The summed E-state index contributed by atoms with van der Waals surface area (Å²) in [5, 5.41) is 0. The molecule has 4 heterocycles. The minimum atomic E-state index is 0.975. The third-order valence-electron chi connectivity index (χ3n) is 4.78. The van der Waals surface area contributed by atoms with Crippen molar-refractivity contribution in [3.05, 3.63) is 84.6 Å². The number of nitrogens with zero attached hydrogens (tertiary/aromatic N) is 4. The van der Waals surface area contributed by atoms with Crippen LogP contribution in [0.4, 0.5) is 0 Å². The van der Waals surface area contributed by atoms with Crippen molar-refractivity contribution < 1.29 is 0 Å². The predicted molar refractivity (Wildman–Crippen MR) is 104 cm³/mol. The molecule has 0 unspecified atom stereocenters. The van der Waals surface area contributed by atoms with E-state index in [2.05, 4.69) is 75.6 Å². The van der Waals surface area contributed by atoms with E-state index in [1.807, 2.05) is 25.3 Å². The molecule has 0 radical (unpaired) electrons. The first-order chi connectivity index (χ1) is 12.7. The van der Waals surface area contributed by atoms with Crippen LogP contribution >= 0.6 is 0 Å². The molecule has 5 aromatic rings. The van der Waals surface area contributed by atoms with Crippen molar-refractivity contribution in [3.63, 3.8) is 0 Å². The van der Waals surface area contributed by atoms with Gasteiger partial charge in [-0.1, -0.05) is 30.3 Å². The summed E-state index contributed by atoms with van der Waals surface area (Å²) in [5.74, 6) is 0. The molecule has 0 N–H and O–H groups in total. The first kappa shape index (κ1) is 14.9. The standard InChI is InChI=1S/C22H18N4/c1-15-12-25-13-19(10-11-21(25)23-15)17-6-8-18(9-7-17)20-14-26-16(2)4-3-5-22(26)24-20/h3-14H,1-2H3. The summed E-state index contributed by atoms with van der Waals surface area (Å²) in [6.07, 6.45) is 6.27. The van der Waals surface area contributed by atoms with Gasteiger partial charge in [-0.2, -0.15) is 0 Å². The van der Waals surface area contributed by atoms with Crippen molar-refractivity contribution in [3.8, 4) is 22.4 Å². The average Bonchev–Trinajstić information content (AvgIpc) is 3.24. The van der Waals surface area contributed by atoms with Gasteiger partial charge in [0.25, 0.3) is 0 Å². The summed E-state index contributed by atoms with van der Waals surface area (Å²) in [6.45, 7) is 4.10. The third-order valence-corrected chi connectivity index (χ3v) is 4.78. The zero-order valence-corrected chi connectivity index (χ0v) is 14.7. The van der Waals surface area contributed by atoms with Gasteiger partial charge < -0.3 is 8.80 Å². The van der Waals surface area contributed by atoms with Crippen LogP contribution in [0, 0.1) is 13.8 Å². The zero-order chi connectivity index (χ0) is 17.7. The lowest BCUT2D eigenvalue weighted by molar-refractivity contribution is 1.09. The van der Waals surface area contributed by atoms with Crippen LogP contribution < -0.4 is 0 Å². The molecule has 4 heteroatoms. The summed E-state index contributed by atoms with van der Waals surface area (Å²) < 4.78 is 4.20. The van der Waals surface area contributed by atoms with E-state index in [9.17, 15) is 0 Å². The van der Waals surface area contributed by atoms with Gasteiger partial charge in [-0.05, 0) is 49.2 Å². The lowest BCUT2D eigenvalue weighted by Crippen LogP contribution is -1.86. The monoisotopic (exact) mass is 338 g/mol. The summed E-state index contributed by atoms with van der Waals surface area (Å²) in [4.78, 5) is 9.22. The van der Waals surface area contributed by atoms with Crippen LogP contribution in [0.25, 0.3) is 33.7 Å². The third kappa shape index (κ3) is 2.39. The number of hydrogen-bond donors (Lipinski definition) is 0. The topological polar surface area (TPSA) is 34.6 Å². The fourth-order valence-electron chi connectivity index (χ4n) is 3.41. The van der Waals surface area contributed by atoms with Crippen LogP contribution in [0.1, 0.15) is 11.4 Å². The molecule has 0 aliphatic heterocycles. The van der Waals surface area contributed by atoms with Crippen molar-refractivity contribution in [1.82, 2.24) is 18.8 Å². The van der Waals surface area contributed by atoms with Gasteiger partial charge in [-0.25, -0.2) is 9.97 Å². The van der Waals surface area contributed by atoms with Crippen LogP contribution in [0.15, 0.2) is 73.2 Å². The maximum Gasteiger partial charge on any atom is 0.137 e. The van der Waals surface area contributed by atoms with Gasteiger partial charge in [0, 0.05) is 29.8 Å². The summed E-state index contributed by atoms with van der Waals surface area (Å²) in [5.41, 5.74) is 8.63. The second kappa shape index (κ2) is 5.56. The van der Waals surface area contributed by atoms with Crippen molar-refractivity contribution in [2.45, 2.75) is 13.8 Å². The van der Waals surface area contributed by atoms with Crippen molar-refractivity contribution in [1.29, 1.82) is 0 Å². The molecule has 0 saturated carbocycles. The van der Waals surface area contributed by atoms with Gasteiger partial charge in [0.05, 0.1) is 11.4 Å². The number of aromatic nitrogens is 4. The average molecular weight is 338 g/mol. The molecule has 1 aromatic carbocycles. The predicted octanol–water partition coefficient (Wildman–Crippen LogP) is 4.93. The molecule has 0 saturated heterocycles. The fourth-order valence-corrected chi connectivity index (χ4v) is 3.41. The summed E-state index contributed by atoms with van der Waals surface area (Å²) in [7, 11) is 0. The van der Waals surface area contributed by atoms with E-state index in [1.165, 1.54) is 16.8 Å². The number of benzene rings is 1. The van der Waals surface area contributed by atoms with Crippen molar-refractivity contribution in [2.24, 2.45) is 0 Å². The maximum atomic E-state index is 4.74. The SMILES string of the molecule is Cc1cn2cc(-c3ccc(-c4cn5c(C)cccc5n4)cc3)ccc2n1. The molecule has 4 aromatic heterocycles. The second-order valence-corrected chi connectivity index (χ2v) is 6.66. The minimum absolute atomic E-state index is 0.975. The number of rotatable bonds is 2. The normalized spacial score (nSPS) is 11.5. The highest BCUT2D eigenvalue weighted by Crippen LogP contribution is 2.25. The Bertz CT molecular complexity index is 1240. The molecule has 0 aliphatic rings. The molecule has 4 nitrogen and oxygen atoms in total. The number of hydrogen-bond acceptors (Lipinski definition) is 2. The fraction of sp³-hybridized carbons (Fsp3) is 0.0909. The van der Waals surface area contributed by atoms with Crippen LogP contribution in [-0.2, 0) is 0 Å². The van der Waals surface area contributed by atoms with Gasteiger partial charge >= 0.3 is 0 Å². The number of fused-ring (bicyclic) bond motifs is 2. The van der Waals surface area contributed by atoms with Crippen LogP contribution in [-0.4, -0.2) is 18.8 Å². The van der Waals surface area contributed by atoms with E-state index in [1.54, 1.807) is 0 Å². The Morgan fingerprint density at radius 2 is 1.42 bits per heavy atom. The van der Waals surface area contributed by atoms with E-state index in [0.717, 1.165) is 28.2 Å². The van der Waals surface area contributed by atoms with E-state index in [4.69, 9.17) is 4.98 Å². The van der Waals surface area contributed by atoms with E-state index in [-0.39, 0.29) is 0 Å². The minimum Gasteiger partial charge on any atom is -0.306 e. The molecule has 0 fully saturated rings. The highest BCUT2D eigenvalue weighted by molar-refractivity contribution is 5.70. The van der Waals surface area contributed by atoms with Gasteiger partial charge in [0.2, 0.25) is 0 Å². The molecule has 0 atom stereocenters. The molecule has 0 aliphatic carbocycles. The largest absolute Gasteiger partial charge is 0.306 e. The quantitative estimate of drug-likeness (QED) is 0.457. The number of imidazole rings is 2. The molecule has 5 rings (SSSR count). The maximum absolute atomic E-state index is 4.74. The Kier molecular flexibility index (Phi) is 3.19. The van der Waals surface area contributed by atoms with E-state index < -0.39 is 0 Å². The van der Waals surface area contributed by atoms with Crippen LogP contribution in [0.3, 0.4) is 0 Å². The molecule has 26 heavy (non-hydrogen) atoms. The van der Waals surface area contributed by atoms with Crippen LogP contribution in [0.2, 0.25) is 0 Å². The highest BCUT2D eigenvalue weighted by atomic mass is 15.0. The lowest BCUT2D eigenvalue weighted by Gasteiger charge is -2.04. The Morgan fingerprint density at radius 3 is 2.23 bits per heavy atom. The molecule has 0 amide bonds. The Balaban J connectivity index is 1.53. The van der Waals surface area contributed by atoms with Gasteiger partial charge in [0.1, 0.15) is 11.3 Å². The van der Waals surface area contributed by atoms with Gasteiger partial charge in [-0.3, -0.25) is 0 Å². The Hall–Kier alpha value is -3.40. The lowest BCUT2D eigenvalue weighted by atomic mass is 10.0. The highest BCUT2D eigenvalue weighted by Gasteiger charge is 2.07. The molecule has 126 valence electrons. The van der Waals surface area contributed by atoms with Crippen molar-refractivity contribution >= 4 is 11.3 Å². The smallest absolute Gasteiger partial charge is 0.137 e. The second-order valence-electron chi connectivity index (χ2n) is 6.66. The number of aryl methyl sites for hydroxylation is 2. The molecule has 0 bridgehead atoms. The van der Waals surface area contributed by atoms with Gasteiger partial charge in [-0.15, -0.1) is 0 Å². The zero-order valence-electron chi connectivity index (χ0n) is 14.7. The Labute approximate surface area is 151 Å². The molecule has 0 spiro atoms. The van der Waals surface area contributed by atoms with Crippen LogP contribution in [0.5, 0.6) is 0 Å². The molecular weight excluding hydrogens is 320 g/mol.